The molecule has 6 heteroatoms. The molecule has 17 heavy (non-hydrogen) atoms. The molecule has 92 valence electrons. The summed E-state index contributed by atoms with van der Waals surface area (Å²) in [6, 6.07) is 3.36. The lowest BCUT2D eigenvalue weighted by atomic mass is 9.88. The van der Waals surface area contributed by atoms with Crippen LogP contribution in [0.15, 0.2) is 22.7 Å². The van der Waals surface area contributed by atoms with Gasteiger partial charge in [-0.25, -0.2) is 13.2 Å². The van der Waals surface area contributed by atoms with Gasteiger partial charge < -0.3 is 5.32 Å². The Kier molecular flexibility index (Phi) is 3.16. The first-order chi connectivity index (χ1) is 7.87. The Hall–Kier alpha value is -1.04. The van der Waals surface area contributed by atoms with Gasteiger partial charge in [-0.1, -0.05) is 15.9 Å². The van der Waals surface area contributed by atoms with Crippen molar-refractivity contribution in [2.24, 2.45) is 0 Å². The summed E-state index contributed by atoms with van der Waals surface area (Å²) in [7, 11) is 0. The molecule has 0 unspecified atom stereocenters. The molecule has 0 aromatic heterocycles. The highest BCUT2D eigenvalue weighted by Gasteiger charge is 2.46. The van der Waals surface area contributed by atoms with Crippen molar-refractivity contribution in [3.05, 3.63) is 34.1 Å². The number of carbonyl (C=O) groups is 1. The summed E-state index contributed by atoms with van der Waals surface area (Å²) in [5, 5.41) is 2.38. The van der Waals surface area contributed by atoms with Crippen molar-refractivity contribution < 1.29 is 18.0 Å². The standard InChI is InChI=1S/C11H9BrF3NO/c12-6-1-2-9(13)8(3-6)10(17)16-7-4-11(14,15)5-7/h1-3,7H,4-5H2,(H,16,17). The summed E-state index contributed by atoms with van der Waals surface area (Å²) in [5.41, 5.74) is -0.144. The van der Waals surface area contributed by atoms with Gasteiger partial charge in [-0.15, -0.1) is 0 Å². The molecule has 2 rings (SSSR count). The average Bonchev–Trinajstić information content (AvgIpc) is 2.19. The molecule has 1 N–H and O–H groups in total. The molecule has 1 fully saturated rings. The maximum atomic E-state index is 13.3. The molecule has 2 nitrogen and oxygen atoms in total. The highest BCUT2D eigenvalue weighted by molar-refractivity contribution is 9.10. The monoisotopic (exact) mass is 307 g/mol. The quantitative estimate of drug-likeness (QED) is 0.893. The van der Waals surface area contributed by atoms with Crippen molar-refractivity contribution in [2.45, 2.75) is 24.8 Å². The lowest BCUT2D eigenvalue weighted by molar-refractivity contribution is -0.0901. The van der Waals surface area contributed by atoms with Crippen LogP contribution in [0.4, 0.5) is 13.2 Å². The second kappa shape index (κ2) is 4.33. The van der Waals surface area contributed by atoms with E-state index >= 15 is 0 Å². The Morgan fingerprint density at radius 1 is 1.41 bits per heavy atom. The number of alkyl halides is 2. The van der Waals surface area contributed by atoms with Crippen LogP contribution in [-0.2, 0) is 0 Å². The molecule has 1 saturated carbocycles. The third-order valence-corrected chi connectivity index (χ3v) is 3.09. The van der Waals surface area contributed by atoms with Crippen LogP contribution in [0.2, 0.25) is 0 Å². The molecule has 0 radical (unpaired) electrons. The predicted molar refractivity (Wildman–Crippen MR) is 59.5 cm³/mol. The van der Waals surface area contributed by atoms with Gasteiger partial charge in [0.15, 0.2) is 0 Å². The molecule has 0 heterocycles. The lowest BCUT2D eigenvalue weighted by Crippen LogP contribution is -2.50. The third kappa shape index (κ3) is 2.80. The number of nitrogens with one attached hydrogen (secondary N) is 1. The fraction of sp³-hybridized carbons (Fsp3) is 0.364. The van der Waals surface area contributed by atoms with Crippen molar-refractivity contribution in [3.8, 4) is 0 Å². The van der Waals surface area contributed by atoms with Gasteiger partial charge in [0.2, 0.25) is 0 Å². The Balaban J connectivity index is 2.03. The first-order valence-corrected chi connectivity index (χ1v) is 5.80. The summed E-state index contributed by atoms with van der Waals surface area (Å²) >= 11 is 3.11. The number of amides is 1. The molecule has 0 spiro atoms. The normalized spacial score (nSPS) is 18.6. The first kappa shape index (κ1) is 12.4. The molecule has 0 aliphatic heterocycles. The highest BCUT2D eigenvalue weighted by atomic mass is 79.9. The molecular formula is C11H9BrF3NO. The second-order valence-corrected chi connectivity index (χ2v) is 4.97. The predicted octanol–water partition coefficient (Wildman–Crippen LogP) is 3.12. The molecule has 1 aromatic carbocycles. The molecule has 0 bridgehead atoms. The van der Waals surface area contributed by atoms with E-state index in [4.69, 9.17) is 0 Å². The number of hydrogen-bond donors (Lipinski definition) is 1. The van der Waals surface area contributed by atoms with E-state index in [1.807, 2.05) is 0 Å². The zero-order valence-corrected chi connectivity index (χ0v) is 10.2. The smallest absolute Gasteiger partial charge is 0.254 e. The van der Waals surface area contributed by atoms with Crippen LogP contribution >= 0.6 is 15.9 Å². The summed E-state index contributed by atoms with van der Waals surface area (Å²) in [4.78, 5) is 11.6. The number of halogens is 4. The van der Waals surface area contributed by atoms with Gasteiger partial charge in [-0.05, 0) is 18.2 Å². The molecule has 1 amide bonds. The van der Waals surface area contributed by atoms with Gasteiger partial charge in [0.1, 0.15) is 5.82 Å². The third-order valence-electron chi connectivity index (χ3n) is 2.60. The average molecular weight is 308 g/mol. The molecule has 1 aliphatic rings. The topological polar surface area (TPSA) is 29.1 Å². The molecule has 1 aromatic rings. The van der Waals surface area contributed by atoms with Crippen LogP contribution in [0, 0.1) is 5.82 Å². The van der Waals surface area contributed by atoms with E-state index in [9.17, 15) is 18.0 Å². The minimum atomic E-state index is -2.70. The van der Waals surface area contributed by atoms with Crippen molar-refractivity contribution in [2.75, 3.05) is 0 Å². The van der Waals surface area contributed by atoms with E-state index < -0.39 is 23.7 Å². The van der Waals surface area contributed by atoms with Crippen LogP contribution in [0.3, 0.4) is 0 Å². The van der Waals surface area contributed by atoms with Gasteiger partial charge in [-0.3, -0.25) is 4.79 Å². The molecule has 0 atom stereocenters. The van der Waals surface area contributed by atoms with Gasteiger partial charge in [0.25, 0.3) is 11.8 Å². The van der Waals surface area contributed by atoms with Crippen molar-refractivity contribution in [3.63, 3.8) is 0 Å². The summed E-state index contributed by atoms with van der Waals surface area (Å²) in [5.74, 6) is -4.03. The van der Waals surface area contributed by atoms with E-state index in [1.54, 1.807) is 0 Å². The maximum absolute atomic E-state index is 13.3. The summed E-state index contributed by atoms with van der Waals surface area (Å²) < 4.78 is 39.0. The van der Waals surface area contributed by atoms with Crippen molar-refractivity contribution in [1.29, 1.82) is 0 Å². The highest BCUT2D eigenvalue weighted by Crippen LogP contribution is 2.37. The van der Waals surface area contributed by atoms with Crippen molar-refractivity contribution >= 4 is 21.8 Å². The Morgan fingerprint density at radius 3 is 2.65 bits per heavy atom. The van der Waals surface area contributed by atoms with Crippen LogP contribution in [0.5, 0.6) is 0 Å². The number of hydrogen-bond acceptors (Lipinski definition) is 1. The van der Waals surface area contributed by atoms with E-state index in [2.05, 4.69) is 21.2 Å². The van der Waals surface area contributed by atoms with E-state index in [1.165, 1.54) is 12.1 Å². The maximum Gasteiger partial charge on any atom is 0.254 e. The summed E-state index contributed by atoms with van der Waals surface area (Å²) in [6.45, 7) is 0. The molecule has 1 aliphatic carbocycles. The van der Waals surface area contributed by atoms with Gasteiger partial charge >= 0.3 is 0 Å². The first-order valence-electron chi connectivity index (χ1n) is 5.01. The Bertz CT molecular complexity index is 456. The fourth-order valence-electron chi connectivity index (χ4n) is 1.70. The van der Waals surface area contributed by atoms with Gasteiger partial charge in [-0.2, -0.15) is 0 Å². The lowest BCUT2D eigenvalue weighted by Gasteiger charge is -2.35. The van der Waals surface area contributed by atoms with Gasteiger partial charge in [0.05, 0.1) is 5.56 Å². The minimum absolute atomic E-state index is 0.144. The largest absolute Gasteiger partial charge is 0.349 e. The zero-order chi connectivity index (χ0) is 12.6. The van der Waals surface area contributed by atoms with Crippen LogP contribution in [0.1, 0.15) is 23.2 Å². The Labute approximate surface area is 104 Å². The minimum Gasteiger partial charge on any atom is -0.349 e. The Morgan fingerprint density at radius 2 is 2.06 bits per heavy atom. The van der Waals surface area contributed by atoms with Crippen LogP contribution in [-0.4, -0.2) is 17.9 Å². The zero-order valence-electron chi connectivity index (χ0n) is 8.64. The number of benzene rings is 1. The second-order valence-electron chi connectivity index (χ2n) is 4.06. The van der Waals surface area contributed by atoms with E-state index in [0.29, 0.717) is 4.47 Å². The summed E-state index contributed by atoms with van der Waals surface area (Å²) in [6.07, 6.45) is -0.761. The van der Waals surface area contributed by atoms with Crippen molar-refractivity contribution in [1.82, 2.24) is 5.32 Å². The number of carbonyl (C=O) groups excluding carboxylic acids is 1. The van der Waals surface area contributed by atoms with E-state index in [-0.39, 0.29) is 18.4 Å². The molecular weight excluding hydrogens is 299 g/mol. The fourth-order valence-corrected chi connectivity index (χ4v) is 2.06. The molecule has 0 saturated heterocycles. The van der Waals surface area contributed by atoms with E-state index in [0.717, 1.165) is 6.07 Å². The SMILES string of the molecule is O=C(NC1CC(F)(F)C1)c1cc(Br)ccc1F. The van der Waals surface area contributed by atoms with Gasteiger partial charge in [0, 0.05) is 23.4 Å². The van der Waals surface area contributed by atoms with Crippen LogP contribution < -0.4 is 5.32 Å². The van der Waals surface area contributed by atoms with Crippen LogP contribution in [0.25, 0.3) is 0 Å². The number of rotatable bonds is 2.